The normalized spacial score (nSPS) is 13.4. The Morgan fingerprint density at radius 3 is 1.60 bits per heavy atom. The molecule has 0 aromatic heterocycles. The molecule has 0 saturated heterocycles. The van der Waals surface area contributed by atoms with E-state index in [1.54, 1.807) is 0 Å². The summed E-state index contributed by atoms with van der Waals surface area (Å²) in [6.45, 7) is 1.19. The number of carbonyl (C=O) groups is 7. The molecule has 0 fully saturated rings. The predicted molar refractivity (Wildman–Crippen MR) is 94.7 cm³/mol. The van der Waals surface area contributed by atoms with Gasteiger partial charge in [-0.05, 0) is 20.8 Å². The molecule has 0 saturated carbocycles. The summed E-state index contributed by atoms with van der Waals surface area (Å²) in [7, 11) is 0. The van der Waals surface area contributed by atoms with Gasteiger partial charge in [0.2, 0.25) is 11.9 Å². The van der Waals surface area contributed by atoms with E-state index >= 15 is 0 Å². The molecule has 0 heterocycles. The predicted octanol–water partition coefficient (Wildman–Crippen LogP) is -1.79. The molecule has 0 unspecified atom stereocenters. The Bertz CT molecular complexity index is 695. The van der Waals surface area contributed by atoms with Gasteiger partial charge < -0.3 is 24.4 Å². The first-order chi connectivity index (χ1) is 13.9. The number of hydrogen-bond donors (Lipinski definition) is 2. The molecule has 0 aromatic carbocycles. The lowest BCUT2D eigenvalue weighted by Crippen LogP contribution is -2.50. The van der Waals surface area contributed by atoms with Crippen LogP contribution in [0, 0.1) is 0 Å². The molecule has 0 amide bonds. The second kappa shape index (κ2) is 13.3. The number of esters is 3. The average molecular weight is 432 g/mol. The molecule has 12 nitrogen and oxygen atoms in total. The summed E-state index contributed by atoms with van der Waals surface area (Å²) in [6, 6.07) is 0. The molecule has 0 bridgehead atoms. The molecule has 12 heteroatoms. The van der Waals surface area contributed by atoms with Gasteiger partial charge >= 0.3 is 17.9 Å². The zero-order valence-corrected chi connectivity index (χ0v) is 16.7. The van der Waals surface area contributed by atoms with Crippen molar-refractivity contribution in [3.8, 4) is 0 Å². The zero-order valence-electron chi connectivity index (χ0n) is 16.7. The van der Waals surface area contributed by atoms with Gasteiger partial charge in [-0.25, -0.2) is 0 Å². The van der Waals surface area contributed by atoms with Gasteiger partial charge in [-0.3, -0.25) is 33.6 Å². The average Bonchev–Trinajstić information content (AvgIpc) is 2.60. The monoisotopic (exact) mass is 432 g/mol. The molecule has 3 atom stereocenters. The number of aliphatic hydroxyl groups is 2. The number of carbonyl (C=O) groups excluding carboxylic acids is 7. The van der Waals surface area contributed by atoms with E-state index in [1.807, 2.05) is 0 Å². The number of Topliss-reactive ketones (excluding diaryl/α,β-unsaturated/α-hetero) is 4. The molecule has 0 radical (unpaired) electrons. The molecule has 0 aliphatic heterocycles. The van der Waals surface area contributed by atoms with Crippen molar-refractivity contribution in [3.63, 3.8) is 0 Å². The molecular weight excluding hydrogens is 408 g/mol. The third kappa shape index (κ3) is 11.1. The number of ketones is 4. The van der Waals surface area contributed by atoms with E-state index < -0.39 is 91.8 Å². The summed E-state index contributed by atoms with van der Waals surface area (Å²) >= 11 is 0. The Kier molecular flexibility index (Phi) is 12.0. The Morgan fingerprint density at radius 2 is 1.17 bits per heavy atom. The van der Waals surface area contributed by atoms with Crippen LogP contribution >= 0.6 is 0 Å². The van der Waals surface area contributed by atoms with Crippen LogP contribution in [0.25, 0.3) is 0 Å². The van der Waals surface area contributed by atoms with Gasteiger partial charge in [0, 0.05) is 0 Å². The molecule has 0 aliphatic rings. The maximum absolute atomic E-state index is 12.4. The van der Waals surface area contributed by atoms with Crippen LogP contribution in [-0.2, 0) is 47.8 Å². The van der Waals surface area contributed by atoms with Crippen molar-refractivity contribution in [1.29, 1.82) is 0 Å². The second-order valence-electron chi connectivity index (χ2n) is 6.38. The largest absolute Gasteiger partial charge is 0.457 e. The van der Waals surface area contributed by atoms with E-state index in [9.17, 15) is 43.8 Å². The highest BCUT2D eigenvalue weighted by molar-refractivity contribution is 5.98. The third-order valence-corrected chi connectivity index (χ3v) is 3.26. The van der Waals surface area contributed by atoms with Gasteiger partial charge in [0.15, 0.2) is 12.7 Å². The van der Waals surface area contributed by atoms with Crippen molar-refractivity contribution in [2.45, 2.75) is 58.3 Å². The maximum Gasteiger partial charge on any atom is 0.314 e. The number of ether oxygens (including phenoxy) is 3. The van der Waals surface area contributed by atoms with Crippen LogP contribution in [0.1, 0.15) is 40.0 Å². The minimum Gasteiger partial charge on any atom is -0.457 e. The lowest BCUT2D eigenvalue weighted by molar-refractivity contribution is -0.184. The summed E-state index contributed by atoms with van der Waals surface area (Å²) in [4.78, 5) is 80.6. The number of rotatable bonds is 14. The SMILES string of the molecule is CC(=O)CC(=O)OCC(=O)[C@H](OC(=O)CC(C)=O)[C@@H](OC(=O)CC(C)=O)[C@H](O)CO. The lowest BCUT2D eigenvalue weighted by Gasteiger charge is -2.28. The molecule has 2 N–H and O–H groups in total. The van der Waals surface area contributed by atoms with Crippen LogP contribution in [0.4, 0.5) is 0 Å². The van der Waals surface area contributed by atoms with E-state index in [0.717, 1.165) is 20.8 Å². The van der Waals surface area contributed by atoms with E-state index in [2.05, 4.69) is 4.74 Å². The van der Waals surface area contributed by atoms with E-state index in [0.29, 0.717) is 0 Å². The van der Waals surface area contributed by atoms with Crippen LogP contribution in [0.3, 0.4) is 0 Å². The van der Waals surface area contributed by atoms with Gasteiger partial charge in [0.25, 0.3) is 0 Å². The first kappa shape index (κ1) is 27.0. The molecule has 168 valence electrons. The summed E-state index contributed by atoms with van der Waals surface area (Å²) in [5.74, 6) is -6.39. The molecule has 0 aromatic rings. The summed E-state index contributed by atoms with van der Waals surface area (Å²) < 4.78 is 14.2. The van der Waals surface area contributed by atoms with Crippen molar-refractivity contribution < 1.29 is 58.0 Å². The fraction of sp³-hybridized carbons (Fsp3) is 0.611. The van der Waals surface area contributed by atoms with Gasteiger partial charge in [-0.15, -0.1) is 0 Å². The number of hydrogen-bond acceptors (Lipinski definition) is 12. The van der Waals surface area contributed by atoms with Crippen LogP contribution in [0.5, 0.6) is 0 Å². The van der Waals surface area contributed by atoms with Crippen molar-refractivity contribution in [2.75, 3.05) is 13.2 Å². The van der Waals surface area contributed by atoms with Crippen molar-refractivity contribution in [2.24, 2.45) is 0 Å². The Morgan fingerprint density at radius 1 is 0.733 bits per heavy atom. The first-order valence-electron chi connectivity index (χ1n) is 8.71. The van der Waals surface area contributed by atoms with Crippen molar-refractivity contribution in [1.82, 2.24) is 0 Å². The van der Waals surface area contributed by atoms with E-state index in [1.165, 1.54) is 0 Å². The highest BCUT2D eigenvalue weighted by atomic mass is 16.6. The maximum atomic E-state index is 12.4. The zero-order chi connectivity index (χ0) is 23.4. The third-order valence-electron chi connectivity index (χ3n) is 3.26. The van der Waals surface area contributed by atoms with E-state index in [-0.39, 0.29) is 0 Å². The van der Waals surface area contributed by atoms with Gasteiger partial charge in [0.1, 0.15) is 42.7 Å². The highest BCUT2D eigenvalue weighted by Gasteiger charge is 2.40. The van der Waals surface area contributed by atoms with Gasteiger partial charge in [-0.1, -0.05) is 0 Å². The molecular formula is C18H24O12. The fourth-order valence-electron chi connectivity index (χ4n) is 2.03. The van der Waals surface area contributed by atoms with Crippen molar-refractivity contribution in [3.05, 3.63) is 0 Å². The lowest BCUT2D eigenvalue weighted by atomic mass is 10.0. The fourth-order valence-corrected chi connectivity index (χ4v) is 2.03. The molecule has 30 heavy (non-hydrogen) atoms. The second-order valence-corrected chi connectivity index (χ2v) is 6.38. The summed E-state index contributed by atoms with van der Waals surface area (Å²) in [5.41, 5.74) is 0. The van der Waals surface area contributed by atoms with Crippen LogP contribution in [0.2, 0.25) is 0 Å². The smallest absolute Gasteiger partial charge is 0.314 e. The van der Waals surface area contributed by atoms with E-state index in [4.69, 9.17) is 9.47 Å². The Labute approximate surface area is 171 Å². The van der Waals surface area contributed by atoms with Gasteiger partial charge in [0.05, 0.1) is 6.61 Å². The molecule has 0 rings (SSSR count). The van der Waals surface area contributed by atoms with Crippen molar-refractivity contribution >= 4 is 41.0 Å². The Balaban J connectivity index is 5.61. The van der Waals surface area contributed by atoms with Crippen LogP contribution < -0.4 is 0 Å². The van der Waals surface area contributed by atoms with Gasteiger partial charge in [-0.2, -0.15) is 0 Å². The summed E-state index contributed by atoms with van der Waals surface area (Å²) in [5, 5.41) is 19.1. The first-order valence-corrected chi connectivity index (χ1v) is 8.71. The Hall–Kier alpha value is -2.99. The van der Waals surface area contributed by atoms with Crippen LogP contribution in [0.15, 0.2) is 0 Å². The minimum absolute atomic E-state index is 0.538. The topological polar surface area (TPSA) is 188 Å². The summed E-state index contributed by atoms with van der Waals surface area (Å²) in [6.07, 6.45) is -8.06. The molecule has 0 spiro atoms. The highest BCUT2D eigenvalue weighted by Crippen LogP contribution is 2.14. The standard InChI is InChI=1S/C18H24O12/c1-9(20)4-14(25)28-8-13(24)18(30-16(27)6-11(3)22)17(12(23)7-19)29-15(26)5-10(2)21/h12,17-19,23H,4-8H2,1-3H3/t12-,17+,18+/m1/s1. The minimum atomic E-state index is -2.07. The quantitative estimate of drug-likeness (QED) is 0.178. The number of aliphatic hydroxyl groups excluding tert-OH is 2. The molecule has 0 aliphatic carbocycles. The van der Waals surface area contributed by atoms with Crippen LogP contribution in [-0.4, -0.2) is 82.8 Å².